The third-order valence-electron chi connectivity index (χ3n) is 4.96. The number of rotatable bonds is 8. The summed E-state index contributed by atoms with van der Waals surface area (Å²) in [6.07, 6.45) is 5.70. The third kappa shape index (κ3) is 4.71. The smallest absolute Gasteiger partial charge is 0.163 e. The molecule has 0 radical (unpaired) electrons. The molecule has 0 heterocycles. The maximum atomic E-state index is 11.5. The fourth-order valence-corrected chi connectivity index (χ4v) is 3.56. The number of aliphatic hydroxyl groups excluding tert-OH is 2. The lowest BCUT2D eigenvalue weighted by atomic mass is 9.97. The molecular weight excluding hydrogens is 368 g/mol. The molecule has 0 bridgehead atoms. The first-order valence-corrected chi connectivity index (χ1v) is 9.55. The van der Waals surface area contributed by atoms with Crippen molar-refractivity contribution in [2.24, 2.45) is 0 Å². The van der Waals surface area contributed by atoms with Gasteiger partial charge in [0.1, 0.15) is 0 Å². The van der Waals surface area contributed by atoms with E-state index in [-0.39, 0.29) is 26.2 Å². The van der Waals surface area contributed by atoms with Crippen LogP contribution in [0.1, 0.15) is 6.42 Å². The predicted molar refractivity (Wildman–Crippen MR) is 117 cm³/mol. The standard InChI is InChI=1S/C22H28N4O3/c23-17-3-7-19(8-4-17)25(12-14-27)21-2-1-11-22(29,16-21)26(13-15-28)20-9-5-18(24)6-10-20/h1-11,27-29H,12-16,23-24H2. The second-order valence-corrected chi connectivity index (χ2v) is 7.01. The van der Waals surface area contributed by atoms with Crippen molar-refractivity contribution >= 4 is 22.7 Å². The molecule has 7 heteroatoms. The molecule has 1 aliphatic carbocycles. The van der Waals surface area contributed by atoms with Crippen LogP contribution in [0.2, 0.25) is 0 Å². The van der Waals surface area contributed by atoms with Gasteiger partial charge < -0.3 is 36.6 Å². The Morgan fingerprint density at radius 2 is 1.38 bits per heavy atom. The van der Waals surface area contributed by atoms with E-state index in [1.165, 1.54) is 0 Å². The molecule has 3 rings (SSSR count). The molecule has 2 aromatic rings. The van der Waals surface area contributed by atoms with Crippen LogP contribution >= 0.6 is 0 Å². The zero-order valence-corrected chi connectivity index (χ0v) is 16.3. The molecule has 154 valence electrons. The summed E-state index contributed by atoms with van der Waals surface area (Å²) in [7, 11) is 0. The van der Waals surface area contributed by atoms with Gasteiger partial charge in [-0.05, 0) is 60.7 Å². The van der Waals surface area contributed by atoms with Crippen LogP contribution in [0, 0.1) is 0 Å². The van der Waals surface area contributed by atoms with Gasteiger partial charge >= 0.3 is 0 Å². The normalized spacial score (nSPS) is 18.4. The fourth-order valence-electron chi connectivity index (χ4n) is 3.56. The minimum Gasteiger partial charge on any atom is -0.399 e. The summed E-state index contributed by atoms with van der Waals surface area (Å²) in [6, 6.07) is 14.5. The molecule has 0 aliphatic heterocycles. The molecule has 7 N–H and O–H groups in total. The van der Waals surface area contributed by atoms with Gasteiger partial charge in [0.25, 0.3) is 0 Å². The van der Waals surface area contributed by atoms with E-state index in [1.807, 2.05) is 35.2 Å². The Hall–Kier alpha value is -3.00. The van der Waals surface area contributed by atoms with E-state index < -0.39 is 5.72 Å². The van der Waals surface area contributed by atoms with E-state index in [4.69, 9.17) is 11.5 Å². The number of anilines is 4. The van der Waals surface area contributed by atoms with Gasteiger partial charge in [-0.3, -0.25) is 0 Å². The first kappa shape index (κ1) is 20.7. The third-order valence-corrected chi connectivity index (χ3v) is 4.96. The largest absolute Gasteiger partial charge is 0.399 e. The zero-order chi connectivity index (χ0) is 20.9. The Labute approximate surface area is 170 Å². The van der Waals surface area contributed by atoms with E-state index in [1.54, 1.807) is 41.3 Å². The molecule has 0 amide bonds. The minimum atomic E-state index is -1.34. The number of hydrogen-bond donors (Lipinski definition) is 5. The maximum Gasteiger partial charge on any atom is 0.163 e. The van der Waals surface area contributed by atoms with Gasteiger partial charge in [-0.25, -0.2) is 0 Å². The zero-order valence-electron chi connectivity index (χ0n) is 16.3. The lowest BCUT2D eigenvalue weighted by molar-refractivity contribution is 0.0794. The number of nitrogen functional groups attached to an aromatic ring is 2. The Kier molecular flexibility index (Phi) is 6.43. The summed E-state index contributed by atoms with van der Waals surface area (Å²) in [4.78, 5) is 3.70. The van der Waals surface area contributed by atoms with Crippen LogP contribution in [0.5, 0.6) is 0 Å². The van der Waals surface area contributed by atoms with Crippen LogP contribution in [0.15, 0.2) is 72.5 Å². The lowest BCUT2D eigenvalue weighted by Gasteiger charge is -2.43. The van der Waals surface area contributed by atoms with E-state index in [9.17, 15) is 15.3 Å². The molecule has 2 aromatic carbocycles. The quantitative estimate of drug-likeness (QED) is 0.340. The highest BCUT2D eigenvalue weighted by Gasteiger charge is 2.36. The molecule has 7 nitrogen and oxygen atoms in total. The number of aliphatic hydroxyl groups is 3. The van der Waals surface area contributed by atoms with Crippen molar-refractivity contribution in [1.82, 2.24) is 0 Å². The summed E-state index contributed by atoms with van der Waals surface area (Å²) in [6.45, 7) is 0.474. The highest BCUT2D eigenvalue weighted by Crippen LogP contribution is 2.34. The lowest BCUT2D eigenvalue weighted by Crippen LogP contribution is -2.51. The number of hydrogen-bond acceptors (Lipinski definition) is 7. The monoisotopic (exact) mass is 396 g/mol. The molecule has 1 atom stereocenters. The fraction of sp³-hybridized carbons (Fsp3) is 0.273. The SMILES string of the molecule is Nc1ccc(N(CCO)C2=CC=CC(O)(N(CCO)c3ccc(N)cc3)C2)cc1. The van der Waals surface area contributed by atoms with E-state index in [2.05, 4.69) is 0 Å². The van der Waals surface area contributed by atoms with Crippen LogP contribution in [0.3, 0.4) is 0 Å². The molecule has 1 unspecified atom stereocenters. The average Bonchev–Trinajstić information content (AvgIpc) is 2.72. The average molecular weight is 396 g/mol. The van der Waals surface area contributed by atoms with Crippen molar-refractivity contribution in [3.8, 4) is 0 Å². The van der Waals surface area contributed by atoms with Crippen LogP contribution in [-0.2, 0) is 0 Å². The second-order valence-electron chi connectivity index (χ2n) is 7.01. The first-order valence-electron chi connectivity index (χ1n) is 9.55. The molecule has 0 aromatic heterocycles. The van der Waals surface area contributed by atoms with Gasteiger partial charge in [0.2, 0.25) is 0 Å². The van der Waals surface area contributed by atoms with E-state index >= 15 is 0 Å². The van der Waals surface area contributed by atoms with Crippen molar-refractivity contribution in [3.63, 3.8) is 0 Å². The summed E-state index contributed by atoms with van der Waals surface area (Å²) in [5, 5.41) is 30.7. The molecule has 0 fully saturated rings. The predicted octanol–water partition coefficient (Wildman–Crippen LogP) is 1.68. The highest BCUT2D eigenvalue weighted by molar-refractivity contribution is 5.60. The van der Waals surface area contributed by atoms with Crippen molar-refractivity contribution in [1.29, 1.82) is 0 Å². The van der Waals surface area contributed by atoms with Crippen LogP contribution in [-0.4, -0.2) is 47.3 Å². The Morgan fingerprint density at radius 3 is 1.93 bits per heavy atom. The minimum absolute atomic E-state index is 0.0395. The number of nitrogens with two attached hydrogens (primary N) is 2. The Morgan fingerprint density at radius 1 is 0.828 bits per heavy atom. The second kappa shape index (κ2) is 9.00. The van der Waals surface area contributed by atoms with Crippen LogP contribution < -0.4 is 21.3 Å². The summed E-state index contributed by atoms with van der Waals surface area (Å²) in [5.74, 6) is 0. The number of benzene rings is 2. The van der Waals surface area contributed by atoms with Crippen molar-refractivity contribution in [2.45, 2.75) is 12.1 Å². The van der Waals surface area contributed by atoms with Gasteiger partial charge in [0, 0.05) is 48.0 Å². The van der Waals surface area contributed by atoms with Crippen LogP contribution in [0.4, 0.5) is 22.7 Å². The summed E-state index contributed by atoms with van der Waals surface area (Å²) in [5.41, 5.74) is 14.0. The van der Waals surface area contributed by atoms with Gasteiger partial charge in [-0.1, -0.05) is 6.08 Å². The molecule has 0 saturated carbocycles. The molecule has 1 aliphatic rings. The van der Waals surface area contributed by atoms with E-state index in [0.717, 1.165) is 17.1 Å². The van der Waals surface area contributed by atoms with Crippen molar-refractivity contribution in [2.75, 3.05) is 47.6 Å². The maximum absolute atomic E-state index is 11.5. The van der Waals surface area contributed by atoms with Gasteiger partial charge in [-0.15, -0.1) is 0 Å². The molecule has 29 heavy (non-hydrogen) atoms. The Balaban J connectivity index is 1.91. The van der Waals surface area contributed by atoms with Crippen LogP contribution in [0.25, 0.3) is 0 Å². The Bertz CT molecular complexity index is 865. The summed E-state index contributed by atoms with van der Waals surface area (Å²) < 4.78 is 0. The topological polar surface area (TPSA) is 119 Å². The molecular formula is C22H28N4O3. The number of allylic oxidation sites excluding steroid dienone is 2. The summed E-state index contributed by atoms with van der Waals surface area (Å²) >= 11 is 0. The number of nitrogens with zero attached hydrogens (tertiary/aromatic N) is 2. The highest BCUT2D eigenvalue weighted by atomic mass is 16.3. The molecule has 0 saturated heterocycles. The van der Waals surface area contributed by atoms with Gasteiger partial charge in [0.15, 0.2) is 5.72 Å². The van der Waals surface area contributed by atoms with Crippen molar-refractivity contribution < 1.29 is 15.3 Å². The van der Waals surface area contributed by atoms with E-state index in [0.29, 0.717) is 17.9 Å². The molecule has 0 spiro atoms. The van der Waals surface area contributed by atoms with Gasteiger partial charge in [-0.2, -0.15) is 0 Å². The first-order chi connectivity index (χ1) is 14.0. The van der Waals surface area contributed by atoms with Gasteiger partial charge in [0.05, 0.1) is 13.2 Å². The van der Waals surface area contributed by atoms with Crippen molar-refractivity contribution in [3.05, 3.63) is 72.5 Å².